The highest BCUT2D eigenvalue weighted by molar-refractivity contribution is 5.94. The van der Waals surface area contributed by atoms with E-state index in [0.717, 1.165) is 27.9 Å². The van der Waals surface area contributed by atoms with Crippen molar-refractivity contribution in [3.8, 4) is 11.5 Å². The Hall–Kier alpha value is -4.19. The van der Waals surface area contributed by atoms with Crippen LogP contribution < -0.4 is 5.32 Å². The molecule has 2 heterocycles. The van der Waals surface area contributed by atoms with Crippen LogP contribution >= 0.6 is 0 Å². The van der Waals surface area contributed by atoms with E-state index in [2.05, 4.69) is 10.3 Å². The van der Waals surface area contributed by atoms with Gasteiger partial charge in [0.2, 0.25) is 17.7 Å². The first-order valence-electron chi connectivity index (χ1n) is 11.4. The molecule has 0 aliphatic carbocycles. The van der Waals surface area contributed by atoms with E-state index in [1.165, 1.54) is 0 Å². The Morgan fingerprint density at radius 2 is 1.62 bits per heavy atom. The van der Waals surface area contributed by atoms with Gasteiger partial charge in [-0.05, 0) is 60.9 Å². The van der Waals surface area contributed by atoms with Crippen molar-refractivity contribution in [1.82, 2.24) is 9.88 Å². The maximum absolute atomic E-state index is 12.8. The van der Waals surface area contributed by atoms with Gasteiger partial charge in [0.25, 0.3) is 0 Å². The Kier molecular flexibility index (Phi) is 6.21. The van der Waals surface area contributed by atoms with Crippen LogP contribution in [-0.4, -0.2) is 34.8 Å². The van der Waals surface area contributed by atoms with E-state index in [9.17, 15) is 9.59 Å². The molecule has 0 radical (unpaired) electrons. The Morgan fingerprint density at radius 1 is 0.912 bits per heavy atom. The van der Waals surface area contributed by atoms with E-state index in [4.69, 9.17) is 4.42 Å². The van der Waals surface area contributed by atoms with Crippen molar-refractivity contribution in [1.29, 1.82) is 0 Å². The zero-order chi connectivity index (χ0) is 23.3. The lowest BCUT2D eigenvalue weighted by molar-refractivity contribution is -0.130. The second-order valence-electron chi connectivity index (χ2n) is 8.40. The molecule has 34 heavy (non-hydrogen) atoms. The molecule has 2 amide bonds. The molecule has 1 fully saturated rings. The van der Waals surface area contributed by atoms with Crippen LogP contribution in [0.3, 0.4) is 0 Å². The maximum Gasteiger partial charge on any atom is 0.246 e. The number of aromatic nitrogens is 1. The zero-order valence-corrected chi connectivity index (χ0v) is 18.7. The van der Waals surface area contributed by atoms with Gasteiger partial charge in [-0.1, -0.05) is 42.5 Å². The highest BCUT2D eigenvalue weighted by Gasteiger charge is 2.26. The molecule has 1 aliphatic rings. The van der Waals surface area contributed by atoms with Gasteiger partial charge in [0, 0.05) is 36.3 Å². The maximum atomic E-state index is 12.8. The number of rotatable bonds is 5. The minimum Gasteiger partial charge on any atom is -0.436 e. The third-order valence-electron chi connectivity index (χ3n) is 6.09. The van der Waals surface area contributed by atoms with E-state index in [0.29, 0.717) is 31.8 Å². The summed E-state index contributed by atoms with van der Waals surface area (Å²) in [6.07, 6.45) is 4.73. The number of hydrogen-bond donors (Lipinski definition) is 1. The van der Waals surface area contributed by atoms with Gasteiger partial charge in [-0.2, -0.15) is 0 Å². The Bertz CT molecular complexity index is 1290. The van der Waals surface area contributed by atoms with Crippen molar-refractivity contribution in [2.45, 2.75) is 12.8 Å². The van der Waals surface area contributed by atoms with Crippen LogP contribution in [0, 0.1) is 5.92 Å². The first kappa shape index (κ1) is 21.6. The summed E-state index contributed by atoms with van der Waals surface area (Å²) in [4.78, 5) is 31.5. The van der Waals surface area contributed by atoms with Crippen molar-refractivity contribution in [3.63, 3.8) is 0 Å². The first-order chi connectivity index (χ1) is 16.7. The molecule has 1 saturated heterocycles. The van der Waals surface area contributed by atoms with Crippen molar-refractivity contribution in [2.24, 2.45) is 5.92 Å². The second-order valence-corrected chi connectivity index (χ2v) is 8.40. The number of para-hydroxylation sites is 2. The van der Waals surface area contributed by atoms with Crippen LogP contribution in [0.15, 0.2) is 89.4 Å². The number of carbonyl (C=O) groups excluding carboxylic acids is 2. The summed E-state index contributed by atoms with van der Waals surface area (Å²) in [7, 11) is 0. The SMILES string of the molecule is O=C(Nc1ccc(-c2nc3ccccc3o2)cc1)C1CCN(C(=O)/C=C/c2ccccc2)CC1. The summed E-state index contributed by atoms with van der Waals surface area (Å²) in [5.41, 5.74) is 4.14. The topological polar surface area (TPSA) is 75.4 Å². The average molecular weight is 452 g/mol. The molecular formula is C28H25N3O3. The molecule has 1 N–H and O–H groups in total. The van der Waals surface area contributed by atoms with Crippen molar-refractivity contribution >= 4 is 34.7 Å². The van der Waals surface area contributed by atoms with Gasteiger partial charge >= 0.3 is 0 Å². The van der Waals surface area contributed by atoms with Crippen LogP contribution in [0.5, 0.6) is 0 Å². The van der Waals surface area contributed by atoms with Crippen LogP contribution in [-0.2, 0) is 9.59 Å². The molecule has 6 heteroatoms. The van der Waals surface area contributed by atoms with E-state index in [1.54, 1.807) is 11.0 Å². The van der Waals surface area contributed by atoms with Gasteiger partial charge < -0.3 is 14.6 Å². The molecule has 5 rings (SSSR count). The fourth-order valence-electron chi connectivity index (χ4n) is 4.14. The minimum atomic E-state index is -0.112. The summed E-state index contributed by atoms with van der Waals surface area (Å²) in [6, 6.07) is 24.9. The number of hydrogen-bond acceptors (Lipinski definition) is 4. The number of nitrogens with one attached hydrogen (secondary N) is 1. The van der Waals surface area contributed by atoms with Gasteiger partial charge in [0.15, 0.2) is 5.58 Å². The summed E-state index contributed by atoms with van der Waals surface area (Å²) >= 11 is 0. The zero-order valence-electron chi connectivity index (χ0n) is 18.7. The van der Waals surface area contributed by atoms with Crippen LogP contribution in [0.25, 0.3) is 28.6 Å². The number of benzene rings is 3. The predicted octanol–water partition coefficient (Wildman–Crippen LogP) is 5.39. The molecule has 0 unspecified atom stereocenters. The molecule has 6 nitrogen and oxygen atoms in total. The second kappa shape index (κ2) is 9.75. The highest BCUT2D eigenvalue weighted by atomic mass is 16.3. The summed E-state index contributed by atoms with van der Waals surface area (Å²) in [5.74, 6) is 0.412. The first-order valence-corrected chi connectivity index (χ1v) is 11.4. The van der Waals surface area contributed by atoms with Gasteiger partial charge in [-0.15, -0.1) is 0 Å². The molecule has 4 aromatic rings. The number of nitrogens with zero attached hydrogens (tertiary/aromatic N) is 2. The fourth-order valence-corrected chi connectivity index (χ4v) is 4.14. The number of anilines is 1. The summed E-state index contributed by atoms with van der Waals surface area (Å²) < 4.78 is 5.81. The molecule has 0 spiro atoms. The van der Waals surface area contributed by atoms with E-state index in [-0.39, 0.29) is 17.7 Å². The number of amides is 2. The third kappa shape index (κ3) is 4.91. The van der Waals surface area contributed by atoms with Crippen molar-refractivity contribution < 1.29 is 14.0 Å². The summed E-state index contributed by atoms with van der Waals surface area (Å²) in [6.45, 7) is 1.15. The number of fused-ring (bicyclic) bond motifs is 1. The molecule has 1 aliphatic heterocycles. The van der Waals surface area contributed by atoms with E-state index in [1.807, 2.05) is 84.9 Å². The number of oxazole rings is 1. The standard InChI is InChI=1S/C28H25N3O3/c32-26(15-10-20-6-2-1-3-7-20)31-18-16-21(17-19-31)27(33)29-23-13-11-22(12-14-23)28-30-24-8-4-5-9-25(24)34-28/h1-15,21H,16-19H2,(H,29,33)/b15-10+. The Morgan fingerprint density at radius 3 is 2.35 bits per heavy atom. The molecule has 1 aromatic heterocycles. The Labute approximate surface area is 197 Å². The van der Waals surface area contributed by atoms with Gasteiger partial charge in [-0.3, -0.25) is 9.59 Å². The number of piperidine rings is 1. The third-order valence-corrected chi connectivity index (χ3v) is 6.09. The number of likely N-dealkylation sites (tertiary alicyclic amines) is 1. The molecule has 0 bridgehead atoms. The molecule has 170 valence electrons. The van der Waals surface area contributed by atoms with Crippen LogP contribution in [0.4, 0.5) is 5.69 Å². The highest BCUT2D eigenvalue weighted by Crippen LogP contribution is 2.26. The normalized spacial score (nSPS) is 14.5. The number of carbonyl (C=O) groups is 2. The largest absolute Gasteiger partial charge is 0.436 e. The van der Waals surface area contributed by atoms with Crippen molar-refractivity contribution in [3.05, 3.63) is 90.5 Å². The average Bonchev–Trinajstić information content (AvgIpc) is 3.33. The van der Waals surface area contributed by atoms with E-state index < -0.39 is 0 Å². The predicted molar refractivity (Wildman–Crippen MR) is 133 cm³/mol. The molecule has 0 saturated carbocycles. The lowest BCUT2D eigenvalue weighted by Crippen LogP contribution is -2.40. The van der Waals surface area contributed by atoms with Crippen molar-refractivity contribution in [2.75, 3.05) is 18.4 Å². The van der Waals surface area contributed by atoms with Gasteiger partial charge in [0.05, 0.1) is 0 Å². The lowest BCUT2D eigenvalue weighted by atomic mass is 9.95. The summed E-state index contributed by atoms with van der Waals surface area (Å²) in [5, 5.41) is 3.00. The lowest BCUT2D eigenvalue weighted by Gasteiger charge is -2.30. The van der Waals surface area contributed by atoms with Crippen LogP contribution in [0.2, 0.25) is 0 Å². The molecule has 3 aromatic carbocycles. The monoisotopic (exact) mass is 451 g/mol. The minimum absolute atomic E-state index is 0.0125. The fraction of sp³-hybridized carbons (Fsp3) is 0.179. The smallest absolute Gasteiger partial charge is 0.246 e. The quantitative estimate of drug-likeness (QED) is 0.413. The van der Waals surface area contributed by atoms with Gasteiger partial charge in [-0.25, -0.2) is 4.98 Å². The molecular weight excluding hydrogens is 426 g/mol. The van der Waals surface area contributed by atoms with E-state index >= 15 is 0 Å². The Balaban J connectivity index is 1.14. The van der Waals surface area contributed by atoms with Crippen LogP contribution in [0.1, 0.15) is 18.4 Å². The molecule has 0 atom stereocenters. The van der Waals surface area contributed by atoms with Gasteiger partial charge in [0.1, 0.15) is 5.52 Å².